The second-order valence-electron chi connectivity index (χ2n) is 5.19. The molecule has 0 aromatic heterocycles. The maximum atomic E-state index is 10.2. The van der Waals surface area contributed by atoms with Gasteiger partial charge in [-0.2, -0.15) is 0 Å². The van der Waals surface area contributed by atoms with Gasteiger partial charge in [0.05, 0.1) is 12.7 Å². The van der Waals surface area contributed by atoms with Crippen LogP contribution in [0.5, 0.6) is 5.75 Å². The summed E-state index contributed by atoms with van der Waals surface area (Å²) in [6, 6.07) is 3.89. The fourth-order valence-electron chi connectivity index (χ4n) is 2.57. The number of hydrogen-bond donors (Lipinski definition) is 1. The van der Waals surface area contributed by atoms with Gasteiger partial charge in [0.25, 0.3) is 0 Å². The summed E-state index contributed by atoms with van der Waals surface area (Å²) in [6.45, 7) is 4.96. The standard InChI is InChI=1S/C15H21ClO2/c1-3-4-10(2)14(17)9-12-8-13(16)7-11-5-6-18-15(11)12/h7-8,10,14,17H,3-6,9H2,1-2H3. The molecule has 2 unspecified atom stereocenters. The molecule has 1 aromatic rings. The number of rotatable bonds is 5. The molecule has 0 saturated heterocycles. The third-order valence-corrected chi connectivity index (χ3v) is 3.87. The first-order valence-corrected chi connectivity index (χ1v) is 7.11. The number of hydrogen-bond acceptors (Lipinski definition) is 2. The third-order valence-electron chi connectivity index (χ3n) is 3.66. The SMILES string of the molecule is CCCC(C)C(O)Cc1cc(Cl)cc2c1OCC2. The number of fused-ring (bicyclic) bond motifs is 1. The monoisotopic (exact) mass is 268 g/mol. The molecule has 2 atom stereocenters. The minimum Gasteiger partial charge on any atom is -0.493 e. The Bertz CT molecular complexity index is 417. The highest BCUT2D eigenvalue weighted by Crippen LogP contribution is 2.34. The van der Waals surface area contributed by atoms with Crippen molar-refractivity contribution in [1.82, 2.24) is 0 Å². The molecular formula is C15H21ClO2. The minimum atomic E-state index is -0.322. The van der Waals surface area contributed by atoms with Crippen molar-refractivity contribution in [3.63, 3.8) is 0 Å². The van der Waals surface area contributed by atoms with E-state index in [1.165, 1.54) is 5.56 Å². The van der Waals surface area contributed by atoms with Crippen LogP contribution in [0.3, 0.4) is 0 Å². The molecule has 0 fully saturated rings. The highest BCUT2D eigenvalue weighted by molar-refractivity contribution is 6.30. The van der Waals surface area contributed by atoms with Gasteiger partial charge in [-0.3, -0.25) is 0 Å². The number of aliphatic hydroxyl groups excluding tert-OH is 1. The summed E-state index contributed by atoms with van der Waals surface area (Å²) in [5, 5.41) is 11.0. The number of benzene rings is 1. The van der Waals surface area contributed by atoms with Gasteiger partial charge in [-0.1, -0.05) is 31.9 Å². The lowest BCUT2D eigenvalue weighted by molar-refractivity contribution is 0.111. The Kier molecular flexibility index (Phi) is 4.52. The Morgan fingerprint density at radius 3 is 2.94 bits per heavy atom. The van der Waals surface area contributed by atoms with Crippen LogP contribution in [0.25, 0.3) is 0 Å². The molecular weight excluding hydrogens is 248 g/mol. The van der Waals surface area contributed by atoms with Gasteiger partial charge in [-0.15, -0.1) is 0 Å². The first-order valence-electron chi connectivity index (χ1n) is 6.74. The lowest BCUT2D eigenvalue weighted by Crippen LogP contribution is -2.20. The van der Waals surface area contributed by atoms with E-state index in [9.17, 15) is 5.11 Å². The fourth-order valence-corrected chi connectivity index (χ4v) is 2.84. The molecule has 0 amide bonds. The Morgan fingerprint density at radius 2 is 2.22 bits per heavy atom. The van der Waals surface area contributed by atoms with E-state index in [1.54, 1.807) is 0 Å². The van der Waals surface area contributed by atoms with E-state index in [-0.39, 0.29) is 6.10 Å². The van der Waals surface area contributed by atoms with Crippen molar-refractivity contribution in [1.29, 1.82) is 0 Å². The molecule has 1 aliphatic rings. The van der Waals surface area contributed by atoms with Gasteiger partial charge in [-0.05, 0) is 35.6 Å². The van der Waals surface area contributed by atoms with E-state index in [4.69, 9.17) is 16.3 Å². The summed E-state index contributed by atoms with van der Waals surface area (Å²) in [7, 11) is 0. The molecule has 1 aliphatic heterocycles. The maximum Gasteiger partial charge on any atom is 0.126 e. The average Bonchev–Trinajstić information content (AvgIpc) is 2.77. The van der Waals surface area contributed by atoms with Crippen molar-refractivity contribution in [2.24, 2.45) is 5.92 Å². The number of ether oxygens (including phenoxy) is 1. The van der Waals surface area contributed by atoms with Crippen LogP contribution in [-0.2, 0) is 12.8 Å². The largest absolute Gasteiger partial charge is 0.493 e. The van der Waals surface area contributed by atoms with E-state index in [0.717, 1.165) is 42.2 Å². The van der Waals surface area contributed by atoms with Crippen LogP contribution in [0.1, 0.15) is 37.8 Å². The molecule has 0 aliphatic carbocycles. The van der Waals surface area contributed by atoms with Crippen LogP contribution >= 0.6 is 11.6 Å². The van der Waals surface area contributed by atoms with Crippen molar-refractivity contribution in [2.45, 2.75) is 45.6 Å². The summed E-state index contributed by atoms with van der Waals surface area (Å²) in [5.41, 5.74) is 2.22. The van der Waals surface area contributed by atoms with E-state index >= 15 is 0 Å². The van der Waals surface area contributed by atoms with Crippen molar-refractivity contribution in [3.8, 4) is 5.75 Å². The minimum absolute atomic E-state index is 0.311. The maximum absolute atomic E-state index is 10.2. The predicted molar refractivity (Wildman–Crippen MR) is 74.4 cm³/mol. The smallest absolute Gasteiger partial charge is 0.126 e. The first kappa shape index (κ1) is 13.7. The van der Waals surface area contributed by atoms with Crippen LogP contribution in [0, 0.1) is 5.92 Å². The Labute approximate surface area is 114 Å². The topological polar surface area (TPSA) is 29.5 Å². The van der Waals surface area contributed by atoms with E-state index < -0.39 is 0 Å². The predicted octanol–water partition coefficient (Wildman–Crippen LogP) is 3.61. The molecule has 1 N–H and O–H groups in total. The average molecular weight is 269 g/mol. The van der Waals surface area contributed by atoms with Crippen LogP contribution in [0.2, 0.25) is 5.02 Å². The normalized spacial score (nSPS) is 17.1. The van der Waals surface area contributed by atoms with Crippen molar-refractivity contribution < 1.29 is 9.84 Å². The molecule has 3 heteroatoms. The molecule has 0 radical (unpaired) electrons. The van der Waals surface area contributed by atoms with E-state index in [2.05, 4.69) is 13.8 Å². The van der Waals surface area contributed by atoms with Gasteiger partial charge in [0, 0.05) is 17.9 Å². The van der Waals surface area contributed by atoms with Crippen LogP contribution in [0.15, 0.2) is 12.1 Å². The van der Waals surface area contributed by atoms with Gasteiger partial charge >= 0.3 is 0 Å². The zero-order chi connectivity index (χ0) is 13.1. The van der Waals surface area contributed by atoms with Gasteiger partial charge in [0.15, 0.2) is 0 Å². The molecule has 2 nitrogen and oxygen atoms in total. The summed E-state index contributed by atoms with van der Waals surface area (Å²) in [4.78, 5) is 0. The number of halogens is 1. The zero-order valence-corrected chi connectivity index (χ0v) is 11.8. The van der Waals surface area contributed by atoms with Crippen molar-refractivity contribution in [3.05, 3.63) is 28.3 Å². The van der Waals surface area contributed by atoms with Gasteiger partial charge in [0.2, 0.25) is 0 Å². The highest BCUT2D eigenvalue weighted by atomic mass is 35.5. The lowest BCUT2D eigenvalue weighted by Gasteiger charge is -2.19. The molecule has 0 saturated carbocycles. The van der Waals surface area contributed by atoms with Crippen LogP contribution in [-0.4, -0.2) is 17.8 Å². The van der Waals surface area contributed by atoms with Gasteiger partial charge in [0.1, 0.15) is 5.75 Å². The quantitative estimate of drug-likeness (QED) is 0.884. The molecule has 0 bridgehead atoms. The summed E-state index contributed by atoms with van der Waals surface area (Å²) in [5.74, 6) is 1.26. The zero-order valence-electron chi connectivity index (χ0n) is 11.1. The number of aliphatic hydroxyl groups is 1. The van der Waals surface area contributed by atoms with E-state index in [1.807, 2.05) is 12.1 Å². The van der Waals surface area contributed by atoms with Crippen molar-refractivity contribution >= 4 is 11.6 Å². The Balaban J connectivity index is 2.14. The molecule has 1 heterocycles. The first-order chi connectivity index (χ1) is 8.61. The Morgan fingerprint density at radius 1 is 1.44 bits per heavy atom. The third kappa shape index (κ3) is 2.99. The fraction of sp³-hybridized carbons (Fsp3) is 0.600. The molecule has 2 rings (SSSR count). The van der Waals surface area contributed by atoms with Gasteiger partial charge in [-0.25, -0.2) is 0 Å². The van der Waals surface area contributed by atoms with Crippen LogP contribution < -0.4 is 4.74 Å². The molecule has 100 valence electrons. The van der Waals surface area contributed by atoms with Crippen molar-refractivity contribution in [2.75, 3.05) is 6.61 Å². The second-order valence-corrected chi connectivity index (χ2v) is 5.63. The highest BCUT2D eigenvalue weighted by Gasteiger charge is 2.21. The van der Waals surface area contributed by atoms with Crippen LogP contribution in [0.4, 0.5) is 0 Å². The van der Waals surface area contributed by atoms with Gasteiger partial charge < -0.3 is 9.84 Å². The summed E-state index contributed by atoms with van der Waals surface area (Å²) in [6.07, 6.45) is 3.37. The second kappa shape index (κ2) is 5.94. The molecule has 1 aromatic carbocycles. The molecule has 18 heavy (non-hydrogen) atoms. The summed E-state index contributed by atoms with van der Waals surface area (Å²) < 4.78 is 5.66. The summed E-state index contributed by atoms with van der Waals surface area (Å²) >= 11 is 6.12. The molecule has 0 spiro atoms. The van der Waals surface area contributed by atoms with E-state index in [0.29, 0.717) is 12.3 Å². The Hall–Kier alpha value is -0.730. The lowest BCUT2D eigenvalue weighted by atomic mass is 9.93.